The van der Waals surface area contributed by atoms with Crippen molar-refractivity contribution in [1.29, 1.82) is 0 Å². The van der Waals surface area contributed by atoms with Gasteiger partial charge in [0.05, 0.1) is 6.04 Å². The fourth-order valence-corrected chi connectivity index (χ4v) is 3.11. The van der Waals surface area contributed by atoms with E-state index in [-0.39, 0.29) is 6.04 Å². The molecule has 19 heavy (non-hydrogen) atoms. The van der Waals surface area contributed by atoms with Crippen molar-refractivity contribution in [3.05, 3.63) is 52.4 Å². The molecular formula is C15H17BrN2O. The number of hydrogen-bond donors (Lipinski definition) is 1. The zero-order chi connectivity index (χ0) is 13.2. The van der Waals surface area contributed by atoms with Gasteiger partial charge in [-0.1, -0.05) is 18.2 Å². The maximum atomic E-state index is 5.99. The van der Waals surface area contributed by atoms with Gasteiger partial charge in [-0.2, -0.15) is 0 Å². The summed E-state index contributed by atoms with van der Waals surface area (Å²) in [6.07, 6.45) is 2.31. The van der Waals surface area contributed by atoms with Crippen LogP contribution in [-0.4, -0.2) is 13.1 Å². The lowest BCUT2D eigenvalue weighted by Crippen LogP contribution is -2.37. The molecule has 0 amide bonds. The zero-order valence-electron chi connectivity index (χ0n) is 10.7. The highest BCUT2D eigenvalue weighted by atomic mass is 79.9. The number of nitrogens with two attached hydrogens (primary N) is 1. The van der Waals surface area contributed by atoms with Crippen LogP contribution in [0.2, 0.25) is 0 Å². The second-order valence-electron chi connectivity index (χ2n) is 4.82. The third kappa shape index (κ3) is 2.42. The lowest BCUT2D eigenvalue weighted by molar-refractivity contribution is 0.431. The van der Waals surface area contributed by atoms with Crippen LogP contribution >= 0.6 is 15.9 Å². The number of rotatable bonds is 3. The molecule has 0 saturated heterocycles. The number of anilines is 1. The van der Waals surface area contributed by atoms with Crippen molar-refractivity contribution in [2.24, 2.45) is 5.73 Å². The number of furan rings is 1. The summed E-state index contributed by atoms with van der Waals surface area (Å²) >= 11 is 3.36. The molecule has 100 valence electrons. The van der Waals surface area contributed by atoms with E-state index in [1.807, 2.05) is 12.1 Å². The Labute approximate surface area is 121 Å². The quantitative estimate of drug-likeness (QED) is 0.941. The fraction of sp³-hybridized carbons (Fsp3) is 0.333. The molecule has 3 rings (SSSR count). The van der Waals surface area contributed by atoms with Crippen LogP contribution < -0.4 is 10.6 Å². The van der Waals surface area contributed by atoms with Crippen LogP contribution in [0.25, 0.3) is 0 Å². The van der Waals surface area contributed by atoms with Gasteiger partial charge in [0, 0.05) is 18.8 Å². The molecule has 2 N–H and O–H groups in total. The first-order valence-corrected chi connectivity index (χ1v) is 7.39. The van der Waals surface area contributed by atoms with Crippen molar-refractivity contribution in [2.75, 3.05) is 18.0 Å². The molecule has 0 radical (unpaired) electrons. The highest BCUT2D eigenvalue weighted by Crippen LogP contribution is 2.34. The van der Waals surface area contributed by atoms with E-state index in [0.29, 0.717) is 6.54 Å². The molecule has 0 bridgehead atoms. The highest BCUT2D eigenvalue weighted by molar-refractivity contribution is 9.10. The van der Waals surface area contributed by atoms with Crippen LogP contribution in [0.5, 0.6) is 0 Å². The Morgan fingerprint density at radius 1 is 1.26 bits per heavy atom. The number of para-hydroxylation sites is 1. The topological polar surface area (TPSA) is 42.4 Å². The van der Waals surface area contributed by atoms with Crippen molar-refractivity contribution >= 4 is 21.6 Å². The van der Waals surface area contributed by atoms with E-state index in [2.05, 4.69) is 45.1 Å². The molecule has 0 spiro atoms. The van der Waals surface area contributed by atoms with Crippen molar-refractivity contribution in [3.63, 3.8) is 0 Å². The Hall–Kier alpha value is -1.26. The van der Waals surface area contributed by atoms with Crippen molar-refractivity contribution in [2.45, 2.75) is 18.9 Å². The van der Waals surface area contributed by atoms with Gasteiger partial charge in [-0.3, -0.25) is 0 Å². The molecule has 1 aromatic carbocycles. The second-order valence-corrected chi connectivity index (χ2v) is 5.60. The number of halogens is 1. The summed E-state index contributed by atoms with van der Waals surface area (Å²) in [5, 5.41) is 0. The van der Waals surface area contributed by atoms with Gasteiger partial charge in [-0.05, 0) is 52.5 Å². The van der Waals surface area contributed by atoms with Gasteiger partial charge in [0.1, 0.15) is 5.76 Å². The van der Waals surface area contributed by atoms with Crippen LogP contribution in [0.4, 0.5) is 5.69 Å². The molecule has 1 aliphatic heterocycles. The minimum absolute atomic E-state index is 0.104. The molecule has 1 unspecified atom stereocenters. The molecule has 2 heterocycles. The van der Waals surface area contributed by atoms with Gasteiger partial charge < -0.3 is 15.1 Å². The Morgan fingerprint density at radius 3 is 2.84 bits per heavy atom. The fourth-order valence-electron chi connectivity index (χ4n) is 2.79. The molecule has 1 aliphatic rings. The lowest BCUT2D eigenvalue weighted by Gasteiger charge is -2.36. The smallest absolute Gasteiger partial charge is 0.169 e. The third-order valence-electron chi connectivity index (χ3n) is 3.67. The summed E-state index contributed by atoms with van der Waals surface area (Å²) in [4.78, 5) is 2.37. The summed E-state index contributed by atoms with van der Waals surface area (Å²) < 4.78 is 6.46. The van der Waals surface area contributed by atoms with E-state index in [4.69, 9.17) is 10.2 Å². The second kappa shape index (κ2) is 5.39. The molecule has 3 nitrogen and oxygen atoms in total. The molecular weight excluding hydrogens is 304 g/mol. The average molecular weight is 321 g/mol. The van der Waals surface area contributed by atoms with Crippen LogP contribution in [0, 0.1) is 0 Å². The maximum Gasteiger partial charge on any atom is 0.169 e. The van der Waals surface area contributed by atoms with Crippen LogP contribution in [0.1, 0.15) is 23.8 Å². The van der Waals surface area contributed by atoms with Crippen molar-refractivity contribution in [3.8, 4) is 0 Å². The van der Waals surface area contributed by atoms with Crippen LogP contribution in [0.3, 0.4) is 0 Å². The van der Waals surface area contributed by atoms with Gasteiger partial charge in [0.25, 0.3) is 0 Å². The van der Waals surface area contributed by atoms with Crippen molar-refractivity contribution in [1.82, 2.24) is 0 Å². The average Bonchev–Trinajstić information content (AvgIpc) is 2.86. The Balaban J connectivity index is 1.97. The molecule has 0 aliphatic carbocycles. The van der Waals surface area contributed by atoms with Gasteiger partial charge >= 0.3 is 0 Å². The Morgan fingerprint density at radius 2 is 2.11 bits per heavy atom. The lowest BCUT2D eigenvalue weighted by atomic mass is 9.99. The number of fused-ring (bicyclic) bond motifs is 1. The summed E-state index contributed by atoms with van der Waals surface area (Å²) in [7, 11) is 0. The Bertz CT molecular complexity index is 567. The predicted molar refractivity (Wildman–Crippen MR) is 80.3 cm³/mol. The summed E-state index contributed by atoms with van der Waals surface area (Å²) in [5.41, 5.74) is 8.67. The monoisotopic (exact) mass is 320 g/mol. The van der Waals surface area contributed by atoms with E-state index >= 15 is 0 Å². The van der Waals surface area contributed by atoms with Gasteiger partial charge in [0.2, 0.25) is 0 Å². The molecule has 1 aromatic heterocycles. The first kappa shape index (κ1) is 12.8. The largest absolute Gasteiger partial charge is 0.452 e. The zero-order valence-corrected chi connectivity index (χ0v) is 12.3. The summed E-state index contributed by atoms with van der Waals surface area (Å²) in [6.45, 7) is 1.57. The summed E-state index contributed by atoms with van der Waals surface area (Å²) in [6, 6.07) is 12.6. The minimum atomic E-state index is 0.104. The van der Waals surface area contributed by atoms with Crippen LogP contribution in [-0.2, 0) is 6.42 Å². The predicted octanol–water partition coefficient (Wildman–Crippen LogP) is 3.49. The molecule has 2 aromatic rings. The van der Waals surface area contributed by atoms with Crippen molar-refractivity contribution < 1.29 is 4.42 Å². The minimum Gasteiger partial charge on any atom is -0.452 e. The first-order chi connectivity index (χ1) is 9.29. The molecule has 0 fully saturated rings. The number of benzene rings is 1. The van der Waals surface area contributed by atoms with Gasteiger partial charge in [-0.15, -0.1) is 0 Å². The highest BCUT2D eigenvalue weighted by Gasteiger charge is 2.26. The third-order valence-corrected chi connectivity index (χ3v) is 4.09. The van der Waals surface area contributed by atoms with E-state index in [1.54, 1.807) is 0 Å². The van der Waals surface area contributed by atoms with Crippen LogP contribution in [0.15, 0.2) is 45.5 Å². The maximum absolute atomic E-state index is 5.99. The normalized spacial score (nSPS) is 16.2. The number of hydrogen-bond acceptors (Lipinski definition) is 3. The number of aryl methyl sites for hydroxylation is 1. The van der Waals surface area contributed by atoms with E-state index in [1.165, 1.54) is 11.3 Å². The van der Waals surface area contributed by atoms with E-state index in [0.717, 1.165) is 29.8 Å². The molecule has 0 saturated carbocycles. The molecule has 1 atom stereocenters. The standard InChI is InChI=1S/C15H17BrN2O/c16-15-8-7-14(19-15)13(10-17)18-9-3-5-11-4-1-2-6-12(11)18/h1-2,4,6-8,13H,3,5,9-10,17H2. The first-order valence-electron chi connectivity index (χ1n) is 6.59. The van der Waals surface area contributed by atoms with E-state index in [9.17, 15) is 0 Å². The van der Waals surface area contributed by atoms with Gasteiger partial charge in [-0.25, -0.2) is 0 Å². The van der Waals surface area contributed by atoms with E-state index < -0.39 is 0 Å². The molecule has 4 heteroatoms. The summed E-state index contributed by atoms with van der Waals surface area (Å²) in [5.74, 6) is 0.922. The SMILES string of the molecule is NCC(c1ccc(Br)o1)N1CCCc2ccccc21. The Kier molecular flexibility index (Phi) is 3.62. The number of nitrogens with zero attached hydrogens (tertiary/aromatic N) is 1. The van der Waals surface area contributed by atoms with Gasteiger partial charge in [0.15, 0.2) is 4.67 Å².